The number of hydrogen-bond donors (Lipinski definition) is 1. The van der Waals surface area contributed by atoms with Crippen LogP contribution in [0.25, 0.3) is 11.3 Å². The topological polar surface area (TPSA) is 64.0 Å². The second-order valence-corrected chi connectivity index (χ2v) is 9.53. The number of aromatic nitrogens is 2. The Morgan fingerprint density at radius 1 is 1.07 bits per heavy atom. The standard InChI is InChI=1S/C21H24ClN3O2S/c1-5-21(2,3)16-8-12-18(13-9-16)28(26,27)24-20-14-19(23-25(20)4)15-6-10-17(22)11-7-15/h6-14,24H,5H2,1-4H3. The van der Waals surface area contributed by atoms with E-state index >= 15 is 0 Å². The van der Waals surface area contributed by atoms with Crippen molar-refractivity contribution >= 4 is 27.4 Å². The Balaban J connectivity index is 1.85. The van der Waals surface area contributed by atoms with E-state index in [1.807, 2.05) is 24.3 Å². The molecule has 0 amide bonds. The van der Waals surface area contributed by atoms with Gasteiger partial charge in [-0.2, -0.15) is 5.10 Å². The van der Waals surface area contributed by atoms with E-state index < -0.39 is 10.0 Å². The van der Waals surface area contributed by atoms with Gasteiger partial charge < -0.3 is 0 Å². The maximum Gasteiger partial charge on any atom is 0.263 e. The van der Waals surface area contributed by atoms with Gasteiger partial charge in [0, 0.05) is 23.7 Å². The van der Waals surface area contributed by atoms with E-state index in [0.717, 1.165) is 17.5 Å². The number of nitrogens with zero attached hydrogens (tertiary/aromatic N) is 2. The molecule has 3 rings (SSSR count). The second-order valence-electron chi connectivity index (χ2n) is 7.41. The molecule has 0 atom stereocenters. The number of rotatable bonds is 6. The number of aryl methyl sites for hydroxylation is 1. The molecule has 0 saturated carbocycles. The van der Waals surface area contributed by atoms with Crippen LogP contribution < -0.4 is 4.72 Å². The van der Waals surface area contributed by atoms with Crippen molar-refractivity contribution in [1.29, 1.82) is 0 Å². The Morgan fingerprint density at radius 3 is 2.25 bits per heavy atom. The molecule has 0 aliphatic heterocycles. The van der Waals surface area contributed by atoms with Crippen molar-refractivity contribution in [3.63, 3.8) is 0 Å². The smallest absolute Gasteiger partial charge is 0.263 e. The van der Waals surface area contributed by atoms with Crippen LogP contribution in [0.5, 0.6) is 0 Å². The number of hydrogen-bond acceptors (Lipinski definition) is 3. The zero-order valence-electron chi connectivity index (χ0n) is 16.4. The molecule has 0 fully saturated rings. The highest BCUT2D eigenvalue weighted by Gasteiger charge is 2.21. The predicted octanol–water partition coefficient (Wildman–Crippen LogP) is 5.23. The molecule has 0 unspecified atom stereocenters. The molecule has 0 bridgehead atoms. The summed E-state index contributed by atoms with van der Waals surface area (Å²) in [5, 5.41) is 5.03. The Kier molecular flexibility index (Phi) is 5.55. The first kappa shape index (κ1) is 20.4. The molecule has 5 nitrogen and oxygen atoms in total. The van der Waals surface area contributed by atoms with E-state index in [0.29, 0.717) is 16.5 Å². The van der Waals surface area contributed by atoms with Gasteiger partial charge in [0.15, 0.2) is 0 Å². The summed E-state index contributed by atoms with van der Waals surface area (Å²) in [4.78, 5) is 0.220. The van der Waals surface area contributed by atoms with Gasteiger partial charge in [-0.25, -0.2) is 8.42 Å². The van der Waals surface area contributed by atoms with Gasteiger partial charge in [-0.15, -0.1) is 0 Å². The van der Waals surface area contributed by atoms with Crippen molar-refractivity contribution in [3.8, 4) is 11.3 Å². The molecular formula is C21H24ClN3O2S. The monoisotopic (exact) mass is 417 g/mol. The first-order valence-electron chi connectivity index (χ1n) is 9.06. The Labute approximate surface area is 171 Å². The highest BCUT2D eigenvalue weighted by molar-refractivity contribution is 7.92. The van der Waals surface area contributed by atoms with Gasteiger partial charge >= 0.3 is 0 Å². The van der Waals surface area contributed by atoms with Crippen LogP contribution in [-0.2, 0) is 22.5 Å². The lowest BCUT2D eigenvalue weighted by molar-refractivity contribution is 0.506. The van der Waals surface area contributed by atoms with Crippen LogP contribution in [0.3, 0.4) is 0 Å². The van der Waals surface area contributed by atoms with E-state index in [4.69, 9.17) is 11.6 Å². The summed E-state index contributed by atoms with van der Waals surface area (Å²) in [6.07, 6.45) is 0.972. The largest absolute Gasteiger partial charge is 0.264 e. The summed E-state index contributed by atoms with van der Waals surface area (Å²) in [5.74, 6) is 0.392. The molecule has 148 valence electrons. The average molecular weight is 418 g/mol. The van der Waals surface area contributed by atoms with E-state index in [1.54, 1.807) is 37.4 Å². The first-order chi connectivity index (χ1) is 13.1. The molecule has 1 aromatic heterocycles. The number of nitrogens with one attached hydrogen (secondary N) is 1. The van der Waals surface area contributed by atoms with Crippen LogP contribution in [0.15, 0.2) is 59.5 Å². The summed E-state index contributed by atoms with van der Waals surface area (Å²) in [6.45, 7) is 6.40. The number of halogens is 1. The quantitative estimate of drug-likeness (QED) is 0.597. The highest BCUT2D eigenvalue weighted by Crippen LogP contribution is 2.28. The van der Waals surface area contributed by atoms with Gasteiger partial charge in [0.05, 0.1) is 10.6 Å². The Hall–Kier alpha value is -2.31. The van der Waals surface area contributed by atoms with E-state index in [1.165, 1.54) is 4.68 Å². The fraction of sp³-hybridized carbons (Fsp3) is 0.286. The SMILES string of the molecule is CCC(C)(C)c1ccc(S(=O)(=O)Nc2cc(-c3ccc(Cl)cc3)nn2C)cc1. The van der Waals surface area contributed by atoms with Crippen molar-refractivity contribution in [3.05, 3.63) is 65.2 Å². The normalized spacial score (nSPS) is 12.2. The third kappa shape index (κ3) is 4.23. The zero-order chi connectivity index (χ0) is 20.5. The molecule has 7 heteroatoms. The third-order valence-corrected chi connectivity index (χ3v) is 6.71. The lowest BCUT2D eigenvalue weighted by atomic mass is 9.82. The molecule has 0 aliphatic carbocycles. The van der Waals surface area contributed by atoms with E-state index in [-0.39, 0.29) is 10.3 Å². The van der Waals surface area contributed by atoms with Crippen LogP contribution in [0, 0.1) is 0 Å². The van der Waals surface area contributed by atoms with E-state index in [9.17, 15) is 8.42 Å². The van der Waals surface area contributed by atoms with Crippen molar-refractivity contribution in [2.75, 3.05) is 4.72 Å². The molecule has 0 spiro atoms. The Morgan fingerprint density at radius 2 is 1.68 bits per heavy atom. The second kappa shape index (κ2) is 7.60. The maximum absolute atomic E-state index is 12.8. The minimum atomic E-state index is -3.71. The predicted molar refractivity (Wildman–Crippen MR) is 114 cm³/mol. The van der Waals surface area contributed by atoms with Crippen molar-refractivity contribution in [1.82, 2.24) is 9.78 Å². The fourth-order valence-corrected chi connectivity index (χ4v) is 4.02. The van der Waals surface area contributed by atoms with Gasteiger partial charge in [0.1, 0.15) is 5.82 Å². The molecule has 0 saturated heterocycles. The van der Waals surface area contributed by atoms with Gasteiger partial charge in [0.2, 0.25) is 0 Å². The molecule has 28 heavy (non-hydrogen) atoms. The third-order valence-electron chi connectivity index (χ3n) is 5.09. The molecule has 0 aliphatic rings. The minimum absolute atomic E-state index is 0.00520. The number of anilines is 1. The maximum atomic E-state index is 12.8. The van der Waals surface area contributed by atoms with Crippen LogP contribution >= 0.6 is 11.6 Å². The van der Waals surface area contributed by atoms with Crippen LogP contribution in [0.4, 0.5) is 5.82 Å². The van der Waals surface area contributed by atoms with Gasteiger partial charge in [-0.3, -0.25) is 9.40 Å². The highest BCUT2D eigenvalue weighted by atomic mass is 35.5. The molecular weight excluding hydrogens is 394 g/mol. The molecule has 1 N–H and O–H groups in total. The van der Waals surface area contributed by atoms with E-state index in [2.05, 4.69) is 30.6 Å². The van der Waals surface area contributed by atoms with Crippen LogP contribution in [0.2, 0.25) is 5.02 Å². The van der Waals surface area contributed by atoms with Gasteiger partial charge in [0.25, 0.3) is 10.0 Å². The van der Waals surface area contributed by atoms with Crippen molar-refractivity contribution < 1.29 is 8.42 Å². The summed E-state index contributed by atoms with van der Waals surface area (Å²) < 4.78 is 29.7. The Bertz CT molecular complexity index is 1070. The number of sulfonamides is 1. The van der Waals surface area contributed by atoms with Crippen LogP contribution in [-0.4, -0.2) is 18.2 Å². The van der Waals surface area contributed by atoms with Crippen LogP contribution in [0.1, 0.15) is 32.8 Å². The number of benzene rings is 2. The fourth-order valence-electron chi connectivity index (χ4n) is 2.81. The summed E-state index contributed by atoms with van der Waals surface area (Å²) in [6, 6.07) is 16.0. The minimum Gasteiger partial charge on any atom is -0.264 e. The van der Waals surface area contributed by atoms with Gasteiger partial charge in [-0.1, -0.05) is 56.6 Å². The molecule has 1 heterocycles. The lowest BCUT2D eigenvalue weighted by Crippen LogP contribution is -2.17. The summed E-state index contributed by atoms with van der Waals surface area (Å²) in [5.41, 5.74) is 2.64. The molecule has 0 radical (unpaired) electrons. The first-order valence-corrected chi connectivity index (χ1v) is 10.9. The molecule has 3 aromatic rings. The van der Waals surface area contributed by atoms with Crippen molar-refractivity contribution in [2.45, 2.75) is 37.5 Å². The lowest BCUT2D eigenvalue weighted by Gasteiger charge is -2.23. The molecule has 2 aromatic carbocycles. The van der Waals surface area contributed by atoms with Crippen molar-refractivity contribution in [2.24, 2.45) is 7.05 Å². The summed E-state index contributed by atoms with van der Waals surface area (Å²) >= 11 is 5.92. The summed E-state index contributed by atoms with van der Waals surface area (Å²) in [7, 11) is -2.01. The van der Waals surface area contributed by atoms with Gasteiger partial charge in [-0.05, 0) is 41.7 Å². The zero-order valence-corrected chi connectivity index (χ0v) is 18.0. The average Bonchev–Trinajstić information content (AvgIpc) is 3.02.